The van der Waals surface area contributed by atoms with E-state index in [4.69, 9.17) is 4.74 Å². The maximum atomic E-state index is 12.6. The maximum absolute atomic E-state index is 12.6. The Labute approximate surface area is 158 Å². The highest BCUT2D eigenvalue weighted by Crippen LogP contribution is 2.21. The van der Waals surface area contributed by atoms with Gasteiger partial charge in [-0.15, -0.1) is 0 Å². The molecule has 0 bridgehead atoms. The number of ether oxygens (including phenoxy) is 1. The Morgan fingerprint density at radius 1 is 1.19 bits per heavy atom. The Kier molecular flexibility index (Phi) is 6.33. The SMILES string of the molecule is Cn1c(N2CCC[C@@H](C(=O)NCCN3CCOCC3)C2)cc(=O)n(C)c1=O. The topological polar surface area (TPSA) is 88.8 Å². The van der Waals surface area contributed by atoms with E-state index < -0.39 is 0 Å². The van der Waals surface area contributed by atoms with E-state index in [2.05, 4.69) is 10.2 Å². The predicted octanol–water partition coefficient (Wildman–Crippen LogP) is -1.25. The number of morpholine rings is 1. The number of aromatic nitrogens is 2. The van der Waals surface area contributed by atoms with Crippen LogP contribution in [0.5, 0.6) is 0 Å². The fourth-order valence-corrected chi connectivity index (χ4v) is 3.73. The molecule has 1 aromatic rings. The molecule has 0 saturated carbocycles. The zero-order valence-corrected chi connectivity index (χ0v) is 16.1. The summed E-state index contributed by atoms with van der Waals surface area (Å²) in [4.78, 5) is 41.0. The van der Waals surface area contributed by atoms with Crippen molar-refractivity contribution in [2.45, 2.75) is 12.8 Å². The number of amides is 1. The van der Waals surface area contributed by atoms with E-state index in [0.717, 1.165) is 56.8 Å². The van der Waals surface area contributed by atoms with Crippen LogP contribution in [0.2, 0.25) is 0 Å². The molecule has 1 atom stereocenters. The van der Waals surface area contributed by atoms with Crippen LogP contribution >= 0.6 is 0 Å². The molecule has 2 aliphatic rings. The lowest BCUT2D eigenvalue weighted by atomic mass is 9.97. The predicted molar refractivity (Wildman–Crippen MR) is 102 cm³/mol. The second kappa shape index (κ2) is 8.71. The molecule has 27 heavy (non-hydrogen) atoms. The quantitative estimate of drug-likeness (QED) is 0.688. The van der Waals surface area contributed by atoms with Crippen molar-refractivity contribution in [3.05, 3.63) is 26.9 Å². The van der Waals surface area contributed by atoms with E-state index in [1.807, 2.05) is 4.90 Å². The first-order valence-electron chi connectivity index (χ1n) is 9.57. The summed E-state index contributed by atoms with van der Waals surface area (Å²) < 4.78 is 7.89. The number of nitrogens with one attached hydrogen (secondary N) is 1. The average molecular weight is 379 g/mol. The lowest BCUT2D eigenvalue weighted by Gasteiger charge is -2.34. The number of piperidine rings is 1. The summed E-state index contributed by atoms with van der Waals surface area (Å²) in [6, 6.07) is 1.47. The summed E-state index contributed by atoms with van der Waals surface area (Å²) in [6.45, 7) is 6.02. The minimum Gasteiger partial charge on any atom is -0.379 e. The average Bonchev–Trinajstić information content (AvgIpc) is 2.70. The molecule has 9 nitrogen and oxygen atoms in total. The van der Waals surface area contributed by atoms with Gasteiger partial charge < -0.3 is 15.0 Å². The number of rotatable bonds is 5. The van der Waals surface area contributed by atoms with Crippen LogP contribution in [0.4, 0.5) is 5.82 Å². The zero-order valence-electron chi connectivity index (χ0n) is 16.1. The third-order valence-corrected chi connectivity index (χ3v) is 5.45. The Morgan fingerprint density at radius 3 is 2.67 bits per heavy atom. The number of hydrogen-bond donors (Lipinski definition) is 1. The number of carbonyl (C=O) groups is 1. The monoisotopic (exact) mass is 379 g/mol. The fraction of sp³-hybridized carbons (Fsp3) is 0.722. The van der Waals surface area contributed by atoms with E-state index in [9.17, 15) is 14.4 Å². The fourth-order valence-electron chi connectivity index (χ4n) is 3.73. The largest absolute Gasteiger partial charge is 0.379 e. The number of anilines is 1. The van der Waals surface area contributed by atoms with Crippen molar-refractivity contribution in [2.75, 3.05) is 57.4 Å². The summed E-state index contributed by atoms with van der Waals surface area (Å²) in [5, 5.41) is 3.04. The van der Waals surface area contributed by atoms with E-state index in [0.29, 0.717) is 18.9 Å². The molecule has 9 heteroatoms. The van der Waals surface area contributed by atoms with Crippen LogP contribution in [0.3, 0.4) is 0 Å². The van der Waals surface area contributed by atoms with Gasteiger partial charge in [0.05, 0.1) is 19.1 Å². The van der Waals surface area contributed by atoms with Gasteiger partial charge in [0.25, 0.3) is 5.56 Å². The first-order valence-corrected chi connectivity index (χ1v) is 9.57. The molecule has 2 fully saturated rings. The Morgan fingerprint density at radius 2 is 1.93 bits per heavy atom. The molecule has 1 N–H and O–H groups in total. The van der Waals surface area contributed by atoms with E-state index >= 15 is 0 Å². The first kappa shape index (κ1) is 19.6. The van der Waals surface area contributed by atoms with Crippen LogP contribution in [0, 0.1) is 5.92 Å². The smallest absolute Gasteiger partial charge is 0.332 e. The van der Waals surface area contributed by atoms with Gasteiger partial charge in [0.1, 0.15) is 5.82 Å². The minimum absolute atomic E-state index is 0.0433. The summed E-state index contributed by atoms with van der Waals surface area (Å²) in [5.41, 5.74) is -0.681. The van der Waals surface area contributed by atoms with Crippen LogP contribution in [0.1, 0.15) is 12.8 Å². The molecule has 1 amide bonds. The Bertz CT molecular complexity index is 781. The van der Waals surface area contributed by atoms with Gasteiger partial charge in [-0.1, -0.05) is 0 Å². The van der Waals surface area contributed by atoms with Gasteiger partial charge in [0, 0.05) is 59.4 Å². The van der Waals surface area contributed by atoms with Gasteiger partial charge in [0.15, 0.2) is 0 Å². The molecule has 3 heterocycles. The molecular weight excluding hydrogens is 350 g/mol. The normalized spacial score (nSPS) is 21.3. The van der Waals surface area contributed by atoms with Gasteiger partial charge in [-0.2, -0.15) is 0 Å². The van der Waals surface area contributed by atoms with Crippen molar-refractivity contribution in [3.63, 3.8) is 0 Å². The summed E-state index contributed by atoms with van der Waals surface area (Å²) in [7, 11) is 3.12. The van der Waals surface area contributed by atoms with Crippen molar-refractivity contribution in [3.8, 4) is 0 Å². The number of nitrogens with zero attached hydrogens (tertiary/aromatic N) is 4. The standard InChI is InChI=1S/C18H29N5O4/c1-20-15(12-16(24)21(2)18(20)26)23-6-3-4-14(13-23)17(25)19-5-7-22-8-10-27-11-9-22/h12,14H,3-11,13H2,1-2H3,(H,19,25)/t14-/m1/s1. The van der Waals surface area contributed by atoms with E-state index in [-0.39, 0.29) is 23.1 Å². The minimum atomic E-state index is -0.352. The van der Waals surface area contributed by atoms with Crippen molar-refractivity contribution >= 4 is 11.7 Å². The second-order valence-electron chi connectivity index (χ2n) is 7.27. The first-order chi connectivity index (χ1) is 13.0. The molecule has 0 unspecified atom stereocenters. The van der Waals surface area contributed by atoms with Gasteiger partial charge in [0.2, 0.25) is 5.91 Å². The maximum Gasteiger partial charge on any atom is 0.332 e. The molecule has 0 aromatic carbocycles. The van der Waals surface area contributed by atoms with Crippen molar-refractivity contribution in [2.24, 2.45) is 20.0 Å². The van der Waals surface area contributed by atoms with Crippen LogP contribution in [-0.4, -0.2) is 72.4 Å². The van der Waals surface area contributed by atoms with Gasteiger partial charge in [-0.3, -0.25) is 23.6 Å². The summed E-state index contributed by atoms with van der Waals surface area (Å²) >= 11 is 0. The molecule has 0 spiro atoms. The third kappa shape index (κ3) is 4.59. The molecule has 0 aliphatic carbocycles. The highest BCUT2D eigenvalue weighted by atomic mass is 16.5. The molecule has 3 rings (SSSR count). The molecule has 2 saturated heterocycles. The molecule has 0 radical (unpaired) electrons. The van der Waals surface area contributed by atoms with Crippen molar-refractivity contribution < 1.29 is 9.53 Å². The van der Waals surface area contributed by atoms with Crippen molar-refractivity contribution in [1.29, 1.82) is 0 Å². The summed E-state index contributed by atoms with van der Waals surface area (Å²) in [5.74, 6) is 0.485. The van der Waals surface area contributed by atoms with Gasteiger partial charge in [-0.25, -0.2) is 4.79 Å². The molecule has 1 aromatic heterocycles. The highest BCUT2D eigenvalue weighted by molar-refractivity contribution is 5.79. The third-order valence-electron chi connectivity index (χ3n) is 5.45. The molecule has 150 valence electrons. The van der Waals surface area contributed by atoms with Gasteiger partial charge >= 0.3 is 5.69 Å². The van der Waals surface area contributed by atoms with Crippen LogP contribution in [-0.2, 0) is 23.6 Å². The Balaban J connectivity index is 1.58. The Hall–Kier alpha value is -2.13. The van der Waals surface area contributed by atoms with Crippen molar-refractivity contribution in [1.82, 2.24) is 19.4 Å². The summed E-state index contributed by atoms with van der Waals surface area (Å²) in [6.07, 6.45) is 1.67. The van der Waals surface area contributed by atoms with Gasteiger partial charge in [-0.05, 0) is 12.8 Å². The van der Waals surface area contributed by atoms with E-state index in [1.54, 1.807) is 7.05 Å². The lowest BCUT2D eigenvalue weighted by molar-refractivity contribution is -0.125. The van der Waals surface area contributed by atoms with Crippen LogP contribution in [0.15, 0.2) is 15.7 Å². The number of carbonyl (C=O) groups excluding carboxylic acids is 1. The highest BCUT2D eigenvalue weighted by Gasteiger charge is 2.27. The molecular formula is C18H29N5O4. The molecule has 2 aliphatic heterocycles. The lowest BCUT2D eigenvalue weighted by Crippen LogP contribution is -2.48. The van der Waals surface area contributed by atoms with E-state index in [1.165, 1.54) is 17.7 Å². The second-order valence-corrected chi connectivity index (χ2v) is 7.27. The zero-order chi connectivity index (χ0) is 19.4. The number of hydrogen-bond acceptors (Lipinski definition) is 6. The van der Waals surface area contributed by atoms with Crippen LogP contribution in [0.25, 0.3) is 0 Å². The van der Waals surface area contributed by atoms with Crippen LogP contribution < -0.4 is 21.5 Å².